The Bertz CT molecular complexity index is 1800. The number of aromatic nitrogens is 2. The van der Waals surface area contributed by atoms with Gasteiger partial charge in [0.25, 0.3) is 0 Å². The number of hydrogen-bond acceptors (Lipinski definition) is 0. The summed E-state index contributed by atoms with van der Waals surface area (Å²) >= 11 is 0. The van der Waals surface area contributed by atoms with Gasteiger partial charge in [0.05, 0.1) is 11.0 Å². The smallest absolute Gasteiger partial charge is 0.0541 e. The first-order valence-corrected chi connectivity index (χ1v) is 12.4. The van der Waals surface area contributed by atoms with E-state index in [1.54, 1.807) is 0 Å². The minimum Gasteiger partial charge on any atom is -0.355 e. The molecule has 0 radical (unpaired) electrons. The molecule has 0 aliphatic carbocycles. The van der Waals surface area contributed by atoms with E-state index in [4.69, 9.17) is 0 Å². The largest absolute Gasteiger partial charge is 0.355 e. The third-order valence-corrected chi connectivity index (χ3v) is 7.24. The molecular weight excluding hydrogens is 424 g/mol. The van der Waals surface area contributed by atoms with Gasteiger partial charge in [-0.2, -0.15) is 0 Å². The minimum atomic E-state index is 1.12. The Morgan fingerprint density at radius 1 is 0.571 bits per heavy atom. The van der Waals surface area contributed by atoms with Crippen molar-refractivity contribution in [3.8, 4) is 16.8 Å². The highest BCUT2D eigenvalue weighted by Crippen LogP contribution is 2.34. The number of fused-ring (bicyclic) bond motifs is 6. The first kappa shape index (κ1) is 20.1. The Balaban J connectivity index is 1.34. The van der Waals surface area contributed by atoms with Gasteiger partial charge in [-0.1, -0.05) is 74.0 Å². The highest BCUT2D eigenvalue weighted by Gasteiger charge is 2.12. The number of aromatic amines is 1. The van der Waals surface area contributed by atoms with Crippen LogP contribution < -0.4 is 0 Å². The molecule has 0 fully saturated rings. The lowest BCUT2D eigenvalue weighted by Crippen LogP contribution is -1.93. The molecule has 2 nitrogen and oxygen atoms in total. The summed E-state index contributed by atoms with van der Waals surface area (Å²) in [6.45, 7) is 2.24. The van der Waals surface area contributed by atoms with E-state index >= 15 is 0 Å². The summed E-state index contributed by atoms with van der Waals surface area (Å²) in [4.78, 5) is 3.58. The van der Waals surface area contributed by atoms with Crippen LogP contribution in [0.25, 0.3) is 60.4 Å². The number of benzene rings is 5. The molecule has 0 aliphatic heterocycles. The number of nitrogens with one attached hydrogen (secondary N) is 1. The van der Waals surface area contributed by atoms with Crippen molar-refractivity contribution in [1.29, 1.82) is 0 Å². The summed E-state index contributed by atoms with van der Waals surface area (Å²) in [5.41, 5.74) is 9.95. The molecule has 0 aliphatic rings. The number of hydrogen-bond donors (Lipinski definition) is 1. The topological polar surface area (TPSA) is 20.7 Å². The van der Waals surface area contributed by atoms with E-state index in [1.165, 1.54) is 66.0 Å². The maximum absolute atomic E-state index is 3.58. The molecule has 168 valence electrons. The highest BCUT2D eigenvalue weighted by atomic mass is 15.0. The van der Waals surface area contributed by atoms with Crippen molar-refractivity contribution in [2.75, 3.05) is 0 Å². The zero-order valence-electron chi connectivity index (χ0n) is 19.8. The minimum absolute atomic E-state index is 1.12. The molecule has 1 N–H and O–H groups in total. The zero-order valence-corrected chi connectivity index (χ0v) is 19.8. The van der Waals surface area contributed by atoms with Crippen molar-refractivity contribution in [3.63, 3.8) is 0 Å². The van der Waals surface area contributed by atoms with Crippen LogP contribution in [-0.4, -0.2) is 9.55 Å². The van der Waals surface area contributed by atoms with Crippen molar-refractivity contribution in [2.45, 2.75) is 19.8 Å². The number of H-pyrrole nitrogens is 1. The molecule has 0 amide bonds. The Kier molecular flexibility index (Phi) is 4.53. The summed E-state index contributed by atoms with van der Waals surface area (Å²) in [6.07, 6.45) is 2.28. The van der Waals surface area contributed by atoms with E-state index in [9.17, 15) is 0 Å². The molecule has 0 saturated carbocycles. The lowest BCUT2D eigenvalue weighted by Gasteiger charge is -2.09. The molecule has 0 saturated heterocycles. The second-order valence-electron chi connectivity index (χ2n) is 9.43. The Hall–Kier alpha value is -4.30. The molecule has 7 rings (SSSR count). The monoisotopic (exact) mass is 450 g/mol. The lowest BCUT2D eigenvalue weighted by molar-refractivity contribution is 0.924. The fourth-order valence-electron chi connectivity index (χ4n) is 5.57. The van der Waals surface area contributed by atoms with Gasteiger partial charge in [0.15, 0.2) is 0 Å². The van der Waals surface area contributed by atoms with Crippen LogP contribution in [0.1, 0.15) is 18.9 Å². The maximum Gasteiger partial charge on any atom is 0.0541 e. The van der Waals surface area contributed by atoms with Crippen LogP contribution >= 0.6 is 0 Å². The van der Waals surface area contributed by atoms with Crippen LogP contribution in [0, 0.1) is 0 Å². The highest BCUT2D eigenvalue weighted by molar-refractivity contribution is 6.10. The standard InChI is InChI=1S/C33H26N2/c1-2-7-22-12-18-30-28(20-22)29-21-24(15-19-31(29)34-30)23-13-16-25(17-14-23)35-32-10-5-3-8-26(32)27-9-4-6-11-33(27)35/h3-6,8-21,34H,2,7H2,1H3. The third kappa shape index (κ3) is 3.18. The lowest BCUT2D eigenvalue weighted by atomic mass is 10.0. The Morgan fingerprint density at radius 2 is 1.17 bits per heavy atom. The predicted molar refractivity (Wildman–Crippen MR) is 150 cm³/mol. The molecule has 2 heteroatoms. The van der Waals surface area contributed by atoms with Crippen molar-refractivity contribution in [1.82, 2.24) is 9.55 Å². The van der Waals surface area contributed by atoms with Gasteiger partial charge in [0.2, 0.25) is 0 Å². The number of nitrogens with zero attached hydrogens (tertiary/aromatic N) is 1. The summed E-state index contributed by atoms with van der Waals surface area (Å²) in [5, 5.41) is 5.19. The molecule has 2 heterocycles. The molecular formula is C33H26N2. The molecule has 7 aromatic rings. The molecule has 0 unspecified atom stereocenters. The van der Waals surface area contributed by atoms with E-state index in [0.717, 1.165) is 12.8 Å². The van der Waals surface area contributed by atoms with Crippen LogP contribution in [0.4, 0.5) is 0 Å². The third-order valence-electron chi connectivity index (χ3n) is 7.24. The Labute approximate surface area is 204 Å². The summed E-state index contributed by atoms with van der Waals surface area (Å²) in [6, 6.07) is 39.9. The second-order valence-corrected chi connectivity index (χ2v) is 9.43. The van der Waals surface area contributed by atoms with E-state index in [2.05, 4.69) is 126 Å². The summed E-state index contributed by atoms with van der Waals surface area (Å²) < 4.78 is 2.37. The molecule has 0 atom stereocenters. The van der Waals surface area contributed by atoms with Crippen LogP contribution in [-0.2, 0) is 6.42 Å². The average Bonchev–Trinajstić information content (AvgIpc) is 3.44. The zero-order chi connectivity index (χ0) is 23.4. The van der Waals surface area contributed by atoms with Crippen molar-refractivity contribution in [2.24, 2.45) is 0 Å². The van der Waals surface area contributed by atoms with Crippen LogP contribution in [0.15, 0.2) is 109 Å². The van der Waals surface area contributed by atoms with E-state index in [1.807, 2.05) is 0 Å². The normalized spacial score (nSPS) is 11.8. The first-order chi connectivity index (χ1) is 17.3. The fraction of sp³-hybridized carbons (Fsp3) is 0.0909. The van der Waals surface area contributed by atoms with Crippen LogP contribution in [0.2, 0.25) is 0 Å². The maximum atomic E-state index is 3.58. The van der Waals surface area contributed by atoms with Gasteiger partial charge in [0, 0.05) is 38.3 Å². The average molecular weight is 451 g/mol. The van der Waals surface area contributed by atoms with Gasteiger partial charge in [-0.15, -0.1) is 0 Å². The molecule has 0 spiro atoms. The summed E-state index contributed by atoms with van der Waals surface area (Å²) in [7, 11) is 0. The van der Waals surface area contributed by atoms with Gasteiger partial charge in [-0.3, -0.25) is 0 Å². The molecule has 5 aromatic carbocycles. The fourth-order valence-corrected chi connectivity index (χ4v) is 5.57. The van der Waals surface area contributed by atoms with Gasteiger partial charge in [-0.25, -0.2) is 0 Å². The molecule has 2 aromatic heterocycles. The Morgan fingerprint density at radius 3 is 1.86 bits per heavy atom. The van der Waals surface area contributed by atoms with Gasteiger partial charge < -0.3 is 9.55 Å². The number of para-hydroxylation sites is 2. The van der Waals surface area contributed by atoms with E-state index in [-0.39, 0.29) is 0 Å². The quantitative estimate of drug-likeness (QED) is 0.276. The van der Waals surface area contributed by atoms with Gasteiger partial charge in [0.1, 0.15) is 0 Å². The number of rotatable bonds is 4. The van der Waals surface area contributed by atoms with Crippen LogP contribution in [0.3, 0.4) is 0 Å². The molecule has 0 bridgehead atoms. The van der Waals surface area contributed by atoms with E-state index < -0.39 is 0 Å². The van der Waals surface area contributed by atoms with Crippen molar-refractivity contribution in [3.05, 3.63) is 115 Å². The van der Waals surface area contributed by atoms with Crippen molar-refractivity contribution < 1.29 is 0 Å². The number of aryl methyl sites for hydroxylation is 1. The summed E-state index contributed by atoms with van der Waals surface area (Å²) in [5.74, 6) is 0. The van der Waals surface area contributed by atoms with Crippen molar-refractivity contribution >= 4 is 43.6 Å². The second kappa shape index (κ2) is 7.89. The van der Waals surface area contributed by atoms with Crippen LogP contribution in [0.5, 0.6) is 0 Å². The van der Waals surface area contributed by atoms with Gasteiger partial charge in [-0.05, 0) is 71.6 Å². The van der Waals surface area contributed by atoms with Gasteiger partial charge >= 0.3 is 0 Å². The molecule has 35 heavy (non-hydrogen) atoms. The van der Waals surface area contributed by atoms with E-state index in [0.29, 0.717) is 0 Å². The first-order valence-electron chi connectivity index (χ1n) is 12.4. The predicted octanol–water partition coefficient (Wildman–Crippen LogP) is 9.04. The SMILES string of the molecule is CCCc1ccc2[nH]c3ccc(-c4ccc(-n5c6ccccc6c6ccccc65)cc4)cc3c2c1.